The Morgan fingerprint density at radius 2 is 2.13 bits per heavy atom. The van der Waals surface area contributed by atoms with Crippen LogP contribution in [0.25, 0.3) is 0 Å². The van der Waals surface area contributed by atoms with Gasteiger partial charge in [-0.25, -0.2) is 0 Å². The molecule has 0 bridgehead atoms. The Labute approximate surface area is 139 Å². The summed E-state index contributed by atoms with van der Waals surface area (Å²) in [4.78, 5) is 40.2. The third-order valence-electron chi connectivity index (χ3n) is 6.34. The van der Waals surface area contributed by atoms with Gasteiger partial charge in [0.1, 0.15) is 6.04 Å². The second-order valence-electron chi connectivity index (χ2n) is 7.53. The molecule has 2 amide bonds. The van der Waals surface area contributed by atoms with Crippen LogP contribution in [0.2, 0.25) is 0 Å². The summed E-state index contributed by atoms with van der Waals surface area (Å²) in [5, 5.41) is 9.67. The molecule has 4 rings (SSSR count). The van der Waals surface area contributed by atoms with Crippen molar-refractivity contribution < 1.29 is 19.5 Å². The molecule has 4 fully saturated rings. The van der Waals surface area contributed by atoms with Crippen LogP contribution in [0.4, 0.5) is 0 Å². The topological polar surface area (TPSA) is 77.9 Å². The van der Waals surface area contributed by atoms with E-state index < -0.39 is 17.4 Å². The summed E-state index contributed by atoms with van der Waals surface area (Å²) in [6.45, 7) is 2.88. The van der Waals surface area contributed by atoms with Crippen molar-refractivity contribution in [2.75, 3.05) is 18.8 Å². The summed E-state index contributed by atoms with van der Waals surface area (Å²) in [5.74, 6) is -0.0611. The van der Waals surface area contributed by atoms with Crippen LogP contribution >= 0.6 is 11.8 Å². The second-order valence-corrected chi connectivity index (χ2v) is 9.04. The lowest BCUT2D eigenvalue weighted by Crippen LogP contribution is -2.51. The minimum Gasteiger partial charge on any atom is -0.481 e. The third kappa shape index (κ3) is 1.98. The number of thioether (sulfide) groups is 1. The lowest BCUT2D eigenvalue weighted by molar-refractivity contribution is -0.150. The lowest BCUT2D eigenvalue weighted by Gasteiger charge is -2.32. The number of carboxylic acid groups (broad SMARTS) is 1. The average Bonchev–Trinajstić information content (AvgIpc) is 3.18. The summed E-state index contributed by atoms with van der Waals surface area (Å²) in [7, 11) is 0. The number of rotatable bonds is 2. The highest BCUT2D eigenvalue weighted by atomic mass is 32.2. The number of aliphatic carboxylic acids is 1. The Kier molecular flexibility index (Phi) is 3.25. The van der Waals surface area contributed by atoms with Crippen LogP contribution in [-0.4, -0.2) is 62.4 Å². The molecule has 3 saturated heterocycles. The van der Waals surface area contributed by atoms with Gasteiger partial charge in [-0.05, 0) is 32.1 Å². The van der Waals surface area contributed by atoms with Gasteiger partial charge in [0, 0.05) is 25.3 Å². The number of hydrogen-bond donors (Lipinski definition) is 1. The lowest BCUT2D eigenvalue weighted by atomic mass is 9.81. The molecule has 1 aliphatic carbocycles. The summed E-state index contributed by atoms with van der Waals surface area (Å²) in [5.41, 5.74) is -0.750. The standard InChI is InChI=1S/C16H22N2O4S/c1-15-6-4-12(19)18(15)11(8-23-15)13(20)17-7-10-3-2-5-16(10,9-17)14(21)22/h10-11H,2-9H2,1H3,(H,21,22)/t10-,11?,15?,16+/m0/s1. The molecule has 4 atom stereocenters. The summed E-state index contributed by atoms with van der Waals surface area (Å²) in [6, 6.07) is -0.412. The van der Waals surface area contributed by atoms with Crippen molar-refractivity contribution in [1.29, 1.82) is 0 Å². The SMILES string of the molecule is CC12CCC(=O)N1C(C(=O)N1C[C@@H]3CCC[C@@]3(C(=O)O)C1)CS2. The number of carboxylic acids is 1. The maximum Gasteiger partial charge on any atom is 0.311 e. The molecular formula is C16H22N2O4S. The molecule has 0 spiro atoms. The van der Waals surface area contributed by atoms with Gasteiger partial charge in [0.2, 0.25) is 11.8 Å². The van der Waals surface area contributed by atoms with Crippen molar-refractivity contribution >= 4 is 29.5 Å². The van der Waals surface area contributed by atoms with E-state index in [2.05, 4.69) is 0 Å². The Morgan fingerprint density at radius 3 is 2.83 bits per heavy atom. The first-order valence-corrected chi connectivity index (χ1v) is 9.34. The molecule has 1 N–H and O–H groups in total. The number of fused-ring (bicyclic) bond motifs is 2. The van der Waals surface area contributed by atoms with Crippen molar-refractivity contribution in [3.8, 4) is 0 Å². The van der Waals surface area contributed by atoms with Crippen LogP contribution in [0.15, 0.2) is 0 Å². The Balaban J connectivity index is 1.55. The van der Waals surface area contributed by atoms with E-state index in [9.17, 15) is 19.5 Å². The van der Waals surface area contributed by atoms with Crippen molar-refractivity contribution in [2.45, 2.75) is 49.9 Å². The van der Waals surface area contributed by atoms with E-state index in [1.807, 2.05) is 6.92 Å². The molecule has 0 aromatic carbocycles. The van der Waals surface area contributed by atoms with Crippen LogP contribution in [0.1, 0.15) is 39.0 Å². The first-order chi connectivity index (χ1) is 10.9. The summed E-state index contributed by atoms with van der Waals surface area (Å²) >= 11 is 1.68. The maximum atomic E-state index is 13.0. The van der Waals surface area contributed by atoms with E-state index in [-0.39, 0.29) is 22.6 Å². The number of hydrogen-bond acceptors (Lipinski definition) is 4. The molecule has 3 aliphatic heterocycles. The van der Waals surface area contributed by atoms with E-state index >= 15 is 0 Å². The number of amides is 2. The fourth-order valence-electron chi connectivity index (χ4n) is 5.02. The van der Waals surface area contributed by atoms with Gasteiger partial charge in [-0.15, -0.1) is 11.8 Å². The number of carbonyl (C=O) groups is 3. The van der Waals surface area contributed by atoms with Crippen molar-refractivity contribution in [3.63, 3.8) is 0 Å². The largest absolute Gasteiger partial charge is 0.481 e. The van der Waals surface area contributed by atoms with Crippen LogP contribution < -0.4 is 0 Å². The first kappa shape index (κ1) is 15.3. The normalized spacial score (nSPS) is 42.2. The maximum absolute atomic E-state index is 13.0. The number of carbonyl (C=O) groups excluding carboxylic acids is 2. The molecule has 0 aromatic rings. The molecule has 0 radical (unpaired) electrons. The van der Waals surface area contributed by atoms with Gasteiger partial charge in [0.05, 0.1) is 10.3 Å². The van der Waals surface area contributed by atoms with E-state index in [1.165, 1.54) is 0 Å². The molecular weight excluding hydrogens is 316 g/mol. The third-order valence-corrected chi connectivity index (χ3v) is 7.84. The zero-order chi connectivity index (χ0) is 16.4. The Hall–Kier alpha value is -1.24. The molecule has 23 heavy (non-hydrogen) atoms. The highest BCUT2D eigenvalue weighted by Crippen LogP contribution is 2.51. The van der Waals surface area contributed by atoms with Gasteiger partial charge >= 0.3 is 5.97 Å². The van der Waals surface area contributed by atoms with Crippen molar-refractivity contribution in [1.82, 2.24) is 9.80 Å². The Bertz CT molecular complexity index is 597. The minimum atomic E-state index is -0.766. The van der Waals surface area contributed by atoms with E-state index in [0.717, 1.165) is 19.3 Å². The Morgan fingerprint density at radius 1 is 1.35 bits per heavy atom. The molecule has 1 saturated carbocycles. The van der Waals surface area contributed by atoms with E-state index in [4.69, 9.17) is 0 Å². The van der Waals surface area contributed by atoms with E-state index in [1.54, 1.807) is 21.6 Å². The zero-order valence-corrected chi connectivity index (χ0v) is 14.1. The van der Waals surface area contributed by atoms with Crippen LogP contribution in [0.5, 0.6) is 0 Å². The van der Waals surface area contributed by atoms with Crippen molar-refractivity contribution in [2.24, 2.45) is 11.3 Å². The van der Waals surface area contributed by atoms with Gasteiger partial charge in [0.25, 0.3) is 0 Å². The van der Waals surface area contributed by atoms with E-state index in [0.29, 0.717) is 31.7 Å². The molecule has 2 unspecified atom stereocenters. The fourth-order valence-corrected chi connectivity index (χ4v) is 6.44. The quantitative estimate of drug-likeness (QED) is 0.817. The molecule has 126 valence electrons. The van der Waals surface area contributed by atoms with Gasteiger partial charge < -0.3 is 14.9 Å². The molecule has 4 aliphatic rings. The number of nitrogens with zero attached hydrogens (tertiary/aromatic N) is 2. The summed E-state index contributed by atoms with van der Waals surface area (Å²) in [6.07, 6.45) is 3.78. The second kappa shape index (κ2) is 4.88. The highest BCUT2D eigenvalue weighted by molar-refractivity contribution is 8.01. The average molecular weight is 338 g/mol. The molecule has 7 heteroatoms. The molecule has 0 aromatic heterocycles. The number of likely N-dealkylation sites (tertiary alicyclic amines) is 1. The molecule has 3 heterocycles. The van der Waals surface area contributed by atoms with Crippen LogP contribution in [0.3, 0.4) is 0 Å². The van der Waals surface area contributed by atoms with Gasteiger partial charge in [-0.1, -0.05) is 6.42 Å². The minimum absolute atomic E-state index is 0.0495. The smallest absolute Gasteiger partial charge is 0.311 e. The zero-order valence-electron chi connectivity index (χ0n) is 13.3. The first-order valence-electron chi connectivity index (χ1n) is 8.36. The van der Waals surface area contributed by atoms with Crippen LogP contribution in [0, 0.1) is 11.3 Å². The summed E-state index contributed by atoms with van der Waals surface area (Å²) < 4.78 is 0. The molecule has 6 nitrogen and oxygen atoms in total. The van der Waals surface area contributed by atoms with Crippen molar-refractivity contribution in [3.05, 3.63) is 0 Å². The predicted molar refractivity (Wildman–Crippen MR) is 84.7 cm³/mol. The fraction of sp³-hybridized carbons (Fsp3) is 0.812. The van der Waals surface area contributed by atoms with Gasteiger partial charge in [0.15, 0.2) is 0 Å². The predicted octanol–water partition coefficient (Wildman–Crippen LogP) is 1.15. The highest BCUT2D eigenvalue weighted by Gasteiger charge is 2.59. The monoisotopic (exact) mass is 338 g/mol. The van der Waals surface area contributed by atoms with Crippen LogP contribution in [-0.2, 0) is 14.4 Å². The van der Waals surface area contributed by atoms with Gasteiger partial charge in [-0.3, -0.25) is 14.4 Å². The van der Waals surface area contributed by atoms with Gasteiger partial charge in [-0.2, -0.15) is 0 Å².